The summed E-state index contributed by atoms with van der Waals surface area (Å²) in [4.78, 5) is 9.05. The predicted octanol–water partition coefficient (Wildman–Crippen LogP) is 2.98. The Morgan fingerprint density at radius 2 is 1.84 bits per heavy atom. The van der Waals surface area contributed by atoms with Crippen molar-refractivity contribution in [2.24, 2.45) is 4.99 Å². The number of rotatable bonds is 2. The highest BCUT2D eigenvalue weighted by Crippen LogP contribution is 2.25. The molecule has 1 aromatic carbocycles. The molecule has 0 radical (unpaired) electrons. The van der Waals surface area contributed by atoms with E-state index in [9.17, 15) is 5.11 Å². The molecule has 1 aromatic heterocycles. The van der Waals surface area contributed by atoms with Crippen molar-refractivity contribution in [1.29, 1.82) is 0 Å². The molecule has 0 amide bonds. The molecule has 3 heteroatoms. The molecule has 2 aromatic rings. The van der Waals surface area contributed by atoms with Gasteiger partial charge in [-0.25, -0.2) is 0 Å². The Hall–Kier alpha value is -2.42. The largest absolute Gasteiger partial charge is 0.508 e. The van der Waals surface area contributed by atoms with Crippen molar-refractivity contribution in [2.45, 2.75) is 6.92 Å². The summed E-state index contributed by atoms with van der Waals surface area (Å²) in [5.74, 6) is 0.273. The number of hydrogen-bond donors (Lipinski definition) is 1. The number of aromatic nitrogens is 1. The molecule has 1 aliphatic rings. The van der Waals surface area contributed by atoms with Crippen molar-refractivity contribution < 1.29 is 5.11 Å². The number of aliphatic imine (C=N–C) groups is 1. The molecule has 3 rings (SSSR count). The Morgan fingerprint density at radius 1 is 1.05 bits per heavy atom. The average molecular weight is 250 g/mol. The van der Waals surface area contributed by atoms with Crippen LogP contribution in [-0.2, 0) is 0 Å². The smallest absolute Gasteiger partial charge is 0.115 e. The third-order valence-corrected chi connectivity index (χ3v) is 3.11. The Labute approximate surface area is 112 Å². The van der Waals surface area contributed by atoms with Crippen LogP contribution in [-0.4, -0.2) is 22.3 Å². The zero-order chi connectivity index (χ0) is 13.2. The molecule has 3 nitrogen and oxygen atoms in total. The quantitative estimate of drug-likeness (QED) is 0.890. The van der Waals surface area contributed by atoms with Crippen LogP contribution in [0.1, 0.15) is 17.0 Å². The van der Waals surface area contributed by atoms with Gasteiger partial charge in [0.15, 0.2) is 0 Å². The number of benzene rings is 1. The summed E-state index contributed by atoms with van der Waals surface area (Å²) in [6.45, 7) is 2.66. The fourth-order valence-corrected chi connectivity index (χ4v) is 2.20. The van der Waals surface area contributed by atoms with E-state index in [0.717, 1.165) is 28.2 Å². The Bertz CT molecular complexity index is 669. The van der Waals surface area contributed by atoms with Gasteiger partial charge in [0, 0.05) is 11.3 Å². The molecule has 94 valence electrons. The van der Waals surface area contributed by atoms with Crippen LogP contribution in [0.2, 0.25) is 0 Å². The highest BCUT2D eigenvalue weighted by atomic mass is 16.3. The van der Waals surface area contributed by atoms with E-state index in [1.807, 2.05) is 37.3 Å². The van der Waals surface area contributed by atoms with Crippen LogP contribution in [0.25, 0.3) is 5.57 Å². The maximum absolute atomic E-state index is 9.36. The first-order chi connectivity index (χ1) is 9.24. The molecule has 0 spiro atoms. The van der Waals surface area contributed by atoms with E-state index in [4.69, 9.17) is 0 Å². The van der Waals surface area contributed by atoms with Crippen LogP contribution in [0.15, 0.2) is 53.5 Å². The molecule has 0 fully saturated rings. The lowest BCUT2D eigenvalue weighted by Crippen LogP contribution is -2.04. The monoisotopic (exact) mass is 250 g/mol. The van der Waals surface area contributed by atoms with Gasteiger partial charge in [-0.05, 0) is 36.8 Å². The molecule has 19 heavy (non-hydrogen) atoms. The lowest BCUT2D eigenvalue weighted by Gasteiger charge is -2.08. The van der Waals surface area contributed by atoms with Gasteiger partial charge >= 0.3 is 0 Å². The van der Waals surface area contributed by atoms with Crippen molar-refractivity contribution in [1.82, 2.24) is 4.98 Å². The van der Waals surface area contributed by atoms with Crippen molar-refractivity contribution in [3.05, 3.63) is 65.5 Å². The second-order valence-corrected chi connectivity index (χ2v) is 4.52. The number of phenols is 1. The molecule has 1 aliphatic heterocycles. The molecular formula is C16H14N2O. The predicted molar refractivity (Wildman–Crippen MR) is 76.5 cm³/mol. The number of nitrogens with zero attached hydrogens (tertiary/aromatic N) is 2. The topological polar surface area (TPSA) is 45.5 Å². The Kier molecular flexibility index (Phi) is 2.88. The second kappa shape index (κ2) is 4.69. The van der Waals surface area contributed by atoms with Crippen molar-refractivity contribution in [3.63, 3.8) is 0 Å². The van der Waals surface area contributed by atoms with Crippen LogP contribution in [0, 0.1) is 6.92 Å². The molecular weight excluding hydrogens is 236 g/mol. The molecule has 0 saturated carbocycles. The van der Waals surface area contributed by atoms with Crippen molar-refractivity contribution >= 4 is 11.3 Å². The van der Waals surface area contributed by atoms with Crippen LogP contribution < -0.4 is 0 Å². The highest BCUT2D eigenvalue weighted by Gasteiger charge is 2.16. The summed E-state index contributed by atoms with van der Waals surface area (Å²) in [6, 6.07) is 13.1. The van der Waals surface area contributed by atoms with Crippen LogP contribution in [0.4, 0.5) is 0 Å². The van der Waals surface area contributed by atoms with Crippen molar-refractivity contribution in [3.8, 4) is 5.75 Å². The number of aryl methyl sites for hydroxylation is 1. The van der Waals surface area contributed by atoms with Gasteiger partial charge in [0.25, 0.3) is 0 Å². The molecule has 1 N–H and O–H groups in total. The van der Waals surface area contributed by atoms with Gasteiger partial charge in [-0.3, -0.25) is 9.98 Å². The van der Waals surface area contributed by atoms with Gasteiger partial charge in [0.05, 0.1) is 18.0 Å². The lowest BCUT2D eigenvalue weighted by molar-refractivity contribution is 0.475. The molecule has 0 bridgehead atoms. The fourth-order valence-electron chi connectivity index (χ4n) is 2.20. The van der Waals surface area contributed by atoms with E-state index >= 15 is 0 Å². The zero-order valence-corrected chi connectivity index (χ0v) is 10.7. The standard InChI is InChI=1S/C16H14N2O/c1-11-3-2-4-15(18-11)16-14(9-10-17-16)12-5-7-13(19)8-6-12/h2-9,19H,10H2,1H3. The molecule has 0 unspecified atom stereocenters. The number of pyridine rings is 1. The summed E-state index contributed by atoms with van der Waals surface area (Å²) in [6.07, 6.45) is 2.09. The van der Waals surface area contributed by atoms with Crippen molar-refractivity contribution in [2.75, 3.05) is 6.54 Å². The Balaban J connectivity index is 2.00. The number of phenolic OH excluding ortho intramolecular Hbond substituents is 1. The van der Waals surface area contributed by atoms with Gasteiger partial charge in [0.1, 0.15) is 5.75 Å². The number of hydrogen-bond acceptors (Lipinski definition) is 3. The first kappa shape index (κ1) is 11.7. The minimum absolute atomic E-state index is 0.273. The van der Waals surface area contributed by atoms with E-state index in [0.29, 0.717) is 6.54 Å². The van der Waals surface area contributed by atoms with Gasteiger partial charge in [-0.2, -0.15) is 0 Å². The van der Waals surface area contributed by atoms with E-state index in [1.54, 1.807) is 12.1 Å². The first-order valence-corrected chi connectivity index (χ1v) is 6.22. The van der Waals surface area contributed by atoms with E-state index in [-0.39, 0.29) is 5.75 Å². The summed E-state index contributed by atoms with van der Waals surface area (Å²) >= 11 is 0. The molecule has 0 saturated heterocycles. The zero-order valence-electron chi connectivity index (χ0n) is 10.7. The Morgan fingerprint density at radius 3 is 2.58 bits per heavy atom. The summed E-state index contributed by atoms with van der Waals surface area (Å²) < 4.78 is 0. The SMILES string of the molecule is Cc1cccc(C2=NCC=C2c2ccc(O)cc2)n1. The normalized spacial score (nSPS) is 14.2. The van der Waals surface area contributed by atoms with E-state index < -0.39 is 0 Å². The van der Waals surface area contributed by atoms with E-state index in [1.165, 1.54) is 0 Å². The highest BCUT2D eigenvalue weighted by molar-refractivity contribution is 6.32. The third-order valence-electron chi connectivity index (χ3n) is 3.11. The maximum Gasteiger partial charge on any atom is 0.115 e. The fraction of sp³-hybridized carbons (Fsp3) is 0.125. The molecule has 0 atom stereocenters. The van der Waals surface area contributed by atoms with Crippen LogP contribution in [0.5, 0.6) is 5.75 Å². The minimum atomic E-state index is 0.273. The third kappa shape index (κ3) is 2.27. The number of aromatic hydroxyl groups is 1. The van der Waals surface area contributed by atoms with Gasteiger partial charge in [-0.15, -0.1) is 0 Å². The molecule has 0 aliphatic carbocycles. The van der Waals surface area contributed by atoms with Gasteiger partial charge in [0.2, 0.25) is 0 Å². The van der Waals surface area contributed by atoms with Crippen LogP contribution in [0.3, 0.4) is 0 Å². The summed E-state index contributed by atoms with van der Waals surface area (Å²) in [5.41, 5.74) is 4.94. The van der Waals surface area contributed by atoms with Crippen LogP contribution >= 0.6 is 0 Å². The maximum atomic E-state index is 9.36. The minimum Gasteiger partial charge on any atom is -0.508 e. The number of allylic oxidation sites excluding steroid dienone is 1. The first-order valence-electron chi connectivity index (χ1n) is 6.22. The van der Waals surface area contributed by atoms with Gasteiger partial charge in [-0.1, -0.05) is 24.3 Å². The summed E-state index contributed by atoms with van der Waals surface area (Å²) in [7, 11) is 0. The lowest BCUT2D eigenvalue weighted by atomic mass is 9.99. The summed E-state index contributed by atoms with van der Waals surface area (Å²) in [5, 5.41) is 9.36. The van der Waals surface area contributed by atoms with E-state index in [2.05, 4.69) is 16.1 Å². The van der Waals surface area contributed by atoms with Gasteiger partial charge < -0.3 is 5.11 Å². The second-order valence-electron chi connectivity index (χ2n) is 4.52. The average Bonchev–Trinajstić information content (AvgIpc) is 2.89. The molecule has 2 heterocycles.